The predicted octanol–water partition coefficient (Wildman–Crippen LogP) is 0.520. The summed E-state index contributed by atoms with van der Waals surface area (Å²) >= 11 is 0. The van der Waals surface area contributed by atoms with Crippen molar-refractivity contribution in [3.63, 3.8) is 0 Å². The van der Waals surface area contributed by atoms with Crippen LogP contribution in [0.4, 0.5) is 0 Å². The van der Waals surface area contributed by atoms with Gasteiger partial charge in [0, 0.05) is 31.5 Å². The van der Waals surface area contributed by atoms with Crippen molar-refractivity contribution in [2.45, 2.75) is 32.5 Å². The monoisotopic (exact) mass is 204 g/mol. The lowest BCUT2D eigenvalue weighted by Crippen LogP contribution is -2.48. The zero-order valence-corrected chi connectivity index (χ0v) is 8.95. The van der Waals surface area contributed by atoms with Gasteiger partial charge in [-0.2, -0.15) is 0 Å². The second-order valence-corrected chi connectivity index (χ2v) is 4.60. The molecular formula is C10H20O4. The van der Waals surface area contributed by atoms with Gasteiger partial charge >= 0.3 is 0 Å². The van der Waals surface area contributed by atoms with E-state index in [1.807, 2.05) is 0 Å². The summed E-state index contributed by atoms with van der Waals surface area (Å²) in [4.78, 5) is 0. The second-order valence-electron chi connectivity index (χ2n) is 4.60. The Hall–Kier alpha value is -0.160. The van der Waals surface area contributed by atoms with Crippen LogP contribution in [0, 0.1) is 5.41 Å². The largest absolute Gasteiger partial charge is 0.396 e. The van der Waals surface area contributed by atoms with Crippen molar-refractivity contribution in [2.24, 2.45) is 5.41 Å². The lowest BCUT2D eigenvalue weighted by Gasteiger charge is -2.43. The third-order valence-corrected chi connectivity index (χ3v) is 2.44. The van der Waals surface area contributed by atoms with E-state index in [1.165, 1.54) is 0 Å². The van der Waals surface area contributed by atoms with Gasteiger partial charge in [-0.25, -0.2) is 0 Å². The molecular weight excluding hydrogens is 184 g/mol. The molecule has 0 atom stereocenters. The summed E-state index contributed by atoms with van der Waals surface area (Å²) in [6.45, 7) is 5.37. The third kappa shape index (κ3) is 2.92. The maximum absolute atomic E-state index is 8.90. The molecule has 0 spiro atoms. The van der Waals surface area contributed by atoms with Crippen LogP contribution in [-0.2, 0) is 9.47 Å². The first-order valence-electron chi connectivity index (χ1n) is 5.03. The first kappa shape index (κ1) is 11.9. The topological polar surface area (TPSA) is 58.9 Å². The molecule has 14 heavy (non-hydrogen) atoms. The van der Waals surface area contributed by atoms with Crippen molar-refractivity contribution in [1.82, 2.24) is 0 Å². The standard InChI is InChI=1S/C10H20O4/c1-9(2)7-13-10(3-5-11,4-6-12)14-8-9/h11-12H,3-8H2,1-2H3. The lowest BCUT2D eigenvalue weighted by molar-refractivity contribution is -0.308. The van der Waals surface area contributed by atoms with Gasteiger partial charge in [0.15, 0.2) is 5.79 Å². The summed E-state index contributed by atoms with van der Waals surface area (Å²) in [7, 11) is 0. The van der Waals surface area contributed by atoms with Crippen LogP contribution < -0.4 is 0 Å². The van der Waals surface area contributed by atoms with Gasteiger partial charge in [-0.1, -0.05) is 13.8 Å². The highest BCUT2D eigenvalue weighted by Gasteiger charge is 2.39. The molecule has 0 amide bonds. The second kappa shape index (κ2) is 4.57. The zero-order chi connectivity index (χ0) is 10.7. The van der Waals surface area contributed by atoms with Crippen LogP contribution in [0.2, 0.25) is 0 Å². The van der Waals surface area contributed by atoms with E-state index >= 15 is 0 Å². The summed E-state index contributed by atoms with van der Waals surface area (Å²) in [5.74, 6) is -0.765. The van der Waals surface area contributed by atoms with Crippen molar-refractivity contribution in [2.75, 3.05) is 26.4 Å². The molecule has 0 radical (unpaired) electrons. The minimum atomic E-state index is -0.765. The molecule has 1 aliphatic rings. The first-order valence-corrected chi connectivity index (χ1v) is 5.03. The normalized spacial score (nSPS) is 24.9. The highest BCUT2D eigenvalue weighted by molar-refractivity contribution is 4.79. The number of hydrogen-bond acceptors (Lipinski definition) is 4. The predicted molar refractivity (Wildman–Crippen MR) is 51.8 cm³/mol. The summed E-state index contributed by atoms with van der Waals surface area (Å²) in [6.07, 6.45) is 0.841. The smallest absolute Gasteiger partial charge is 0.172 e. The van der Waals surface area contributed by atoms with E-state index in [-0.39, 0.29) is 18.6 Å². The van der Waals surface area contributed by atoms with E-state index in [1.54, 1.807) is 0 Å². The molecule has 0 bridgehead atoms. The number of aliphatic hydroxyl groups excluding tert-OH is 2. The summed E-state index contributed by atoms with van der Waals surface area (Å²) in [6, 6.07) is 0. The molecule has 84 valence electrons. The molecule has 1 fully saturated rings. The zero-order valence-electron chi connectivity index (χ0n) is 8.95. The average molecular weight is 204 g/mol. The van der Waals surface area contributed by atoms with Crippen molar-refractivity contribution in [3.05, 3.63) is 0 Å². The fourth-order valence-corrected chi connectivity index (χ4v) is 1.49. The Morgan fingerprint density at radius 1 is 1.00 bits per heavy atom. The van der Waals surface area contributed by atoms with Crippen LogP contribution in [-0.4, -0.2) is 42.4 Å². The highest BCUT2D eigenvalue weighted by atomic mass is 16.7. The first-order chi connectivity index (χ1) is 6.54. The molecule has 0 aromatic rings. The molecule has 1 aliphatic heterocycles. The molecule has 0 aliphatic carbocycles. The number of hydrogen-bond donors (Lipinski definition) is 2. The van der Waals surface area contributed by atoms with Gasteiger partial charge in [0.05, 0.1) is 13.2 Å². The van der Waals surface area contributed by atoms with Crippen LogP contribution in [0.3, 0.4) is 0 Å². The molecule has 1 heterocycles. The van der Waals surface area contributed by atoms with E-state index in [2.05, 4.69) is 13.8 Å². The summed E-state index contributed by atoms with van der Waals surface area (Å²) in [5.41, 5.74) is 0.0222. The van der Waals surface area contributed by atoms with Crippen molar-refractivity contribution < 1.29 is 19.7 Å². The molecule has 0 aromatic heterocycles. The quantitative estimate of drug-likeness (QED) is 0.701. The van der Waals surface area contributed by atoms with Gasteiger partial charge < -0.3 is 19.7 Å². The van der Waals surface area contributed by atoms with Crippen LogP contribution in [0.15, 0.2) is 0 Å². The fraction of sp³-hybridized carbons (Fsp3) is 1.00. The summed E-state index contributed by atoms with van der Waals surface area (Å²) < 4.78 is 11.2. The van der Waals surface area contributed by atoms with Gasteiger partial charge in [-0.15, -0.1) is 0 Å². The van der Waals surface area contributed by atoms with Gasteiger partial charge in [0.2, 0.25) is 0 Å². The number of rotatable bonds is 4. The van der Waals surface area contributed by atoms with Crippen molar-refractivity contribution in [3.8, 4) is 0 Å². The third-order valence-electron chi connectivity index (χ3n) is 2.44. The average Bonchev–Trinajstić information content (AvgIpc) is 2.12. The van der Waals surface area contributed by atoms with Crippen LogP contribution >= 0.6 is 0 Å². The highest BCUT2D eigenvalue weighted by Crippen LogP contribution is 2.33. The maximum atomic E-state index is 8.90. The molecule has 0 saturated carbocycles. The number of aliphatic hydroxyl groups is 2. The molecule has 0 aromatic carbocycles. The van der Waals surface area contributed by atoms with Crippen LogP contribution in [0.5, 0.6) is 0 Å². The molecule has 1 saturated heterocycles. The SMILES string of the molecule is CC1(C)COC(CCO)(CCO)OC1. The summed E-state index contributed by atoms with van der Waals surface area (Å²) in [5, 5.41) is 17.8. The van der Waals surface area contributed by atoms with Crippen LogP contribution in [0.25, 0.3) is 0 Å². The Morgan fingerprint density at radius 2 is 1.43 bits per heavy atom. The Morgan fingerprint density at radius 3 is 1.79 bits per heavy atom. The van der Waals surface area contributed by atoms with E-state index in [0.717, 1.165) is 0 Å². The van der Waals surface area contributed by atoms with E-state index < -0.39 is 5.79 Å². The Labute approximate surface area is 84.8 Å². The van der Waals surface area contributed by atoms with Gasteiger partial charge in [0.1, 0.15) is 0 Å². The van der Waals surface area contributed by atoms with E-state index in [9.17, 15) is 0 Å². The Bertz CT molecular complexity index is 161. The molecule has 2 N–H and O–H groups in total. The Kier molecular flexibility index (Phi) is 3.89. The molecule has 4 nitrogen and oxygen atoms in total. The van der Waals surface area contributed by atoms with E-state index in [4.69, 9.17) is 19.7 Å². The fourth-order valence-electron chi connectivity index (χ4n) is 1.49. The minimum absolute atomic E-state index is 0.0143. The van der Waals surface area contributed by atoms with Gasteiger partial charge in [0.25, 0.3) is 0 Å². The Balaban J connectivity index is 2.54. The van der Waals surface area contributed by atoms with Crippen molar-refractivity contribution >= 4 is 0 Å². The molecule has 4 heteroatoms. The molecule has 0 unspecified atom stereocenters. The van der Waals surface area contributed by atoms with Crippen LogP contribution in [0.1, 0.15) is 26.7 Å². The van der Waals surface area contributed by atoms with Crippen molar-refractivity contribution in [1.29, 1.82) is 0 Å². The molecule has 1 rings (SSSR count). The van der Waals surface area contributed by atoms with Gasteiger partial charge in [-0.05, 0) is 0 Å². The van der Waals surface area contributed by atoms with E-state index in [0.29, 0.717) is 26.1 Å². The van der Waals surface area contributed by atoms with Gasteiger partial charge in [-0.3, -0.25) is 0 Å². The maximum Gasteiger partial charge on any atom is 0.172 e. The minimum Gasteiger partial charge on any atom is -0.396 e. The lowest BCUT2D eigenvalue weighted by atomic mass is 9.94. The number of ether oxygens (including phenoxy) is 2.